The van der Waals surface area contributed by atoms with E-state index in [2.05, 4.69) is 17.1 Å². The van der Waals surface area contributed by atoms with Crippen LogP contribution in [-0.4, -0.2) is 23.5 Å². The van der Waals surface area contributed by atoms with Gasteiger partial charge in [0.1, 0.15) is 5.54 Å². The van der Waals surface area contributed by atoms with Crippen LogP contribution in [0, 0.1) is 11.8 Å². The normalized spacial score (nSPS) is 41.5. The molecule has 0 aromatic heterocycles. The van der Waals surface area contributed by atoms with Gasteiger partial charge in [0.05, 0.1) is 0 Å². The van der Waals surface area contributed by atoms with Gasteiger partial charge in [-0.3, -0.25) is 4.79 Å². The molecule has 1 saturated carbocycles. The Bertz CT molecular complexity index is 638. The van der Waals surface area contributed by atoms with Crippen LogP contribution in [0.3, 0.4) is 0 Å². The number of benzene rings is 1. The van der Waals surface area contributed by atoms with Crippen LogP contribution in [0.4, 0.5) is 5.69 Å². The number of allylic oxidation sites excluding steroid dienone is 1. The minimum absolute atomic E-state index is 0.0345. The summed E-state index contributed by atoms with van der Waals surface area (Å²) in [7, 11) is 1.98. The van der Waals surface area contributed by atoms with Crippen molar-refractivity contribution in [2.45, 2.75) is 30.9 Å². The molecule has 1 aliphatic heterocycles. The molecule has 2 bridgehead atoms. The molecule has 0 radical (unpaired) electrons. The quantitative estimate of drug-likeness (QED) is 0.734. The SMILES string of the molecule is CN1c2ccccc2C2(O)C(=O)C1(C)C1CCC=CC12. The highest BCUT2D eigenvalue weighted by atomic mass is 16.3. The van der Waals surface area contributed by atoms with E-state index >= 15 is 0 Å². The Balaban J connectivity index is 2.07. The topological polar surface area (TPSA) is 40.5 Å². The van der Waals surface area contributed by atoms with Gasteiger partial charge < -0.3 is 10.0 Å². The summed E-state index contributed by atoms with van der Waals surface area (Å²) in [6.45, 7) is 2.00. The third-order valence-electron chi connectivity index (χ3n) is 5.80. The molecule has 3 nitrogen and oxygen atoms in total. The molecule has 1 fully saturated rings. The van der Waals surface area contributed by atoms with Crippen molar-refractivity contribution >= 4 is 11.5 Å². The average Bonchev–Trinajstić information content (AvgIpc) is 2.63. The minimum Gasteiger partial charge on any atom is -0.376 e. The van der Waals surface area contributed by atoms with Gasteiger partial charge in [-0.05, 0) is 31.7 Å². The Hall–Kier alpha value is -1.61. The van der Waals surface area contributed by atoms with Crippen LogP contribution in [-0.2, 0) is 10.4 Å². The van der Waals surface area contributed by atoms with Crippen molar-refractivity contribution in [3.63, 3.8) is 0 Å². The number of anilines is 1. The molecule has 0 amide bonds. The predicted molar refractivity (Wildman–Crippen MR) is 77.5 cm³/mol. The first-order valence-electron chi connectivity index (χ1n) is 7.29. The Kier molecular flexibility index (Phi) is 2.14. The number of Topliss-reactive ketones (excluding diaryl/α,β-unsaturated/α-hetero) is 1. The van der Waals surface area contributed by atoms with Crippen molar-refractivity contribution in [2.24, 2.45) is 11.8 Å². The van der Waals surface area contributed by atoms with Gasteiger partial charge in [-0.2, -0.15) is 0 Å². The van der Waals surface area contributed by atoms with Gasteiger partial charge in [-0.25, -0.2) is 0 Å². The van der Waals surface area contributed by atoms with Gasteiger partial charge in [0.15, 0.2) is 11.4 Å². The largest absolute Gasteiger partial charge is 0.376 e. The maximum absolute atomic E-state index is 13.0. The molecule has 0 saturated heterocycles. The lowest BCUT2D eigenvalue weighted by atomic mass is 9.76. The number of ketones is 1. The average molecular weight is 269 g/mol. The molecule has 20 heavy (non-hydrogen) atoms. The molecular formula is C17H19NO2. The maximum atomic E-state index is 13.0. The van der Waals surface area contributed by atoms with Gasteiger partial charge >= 0.3 is 0 Å². The number of likely N-dealkylation sites (N-methyl/N-ethyl adjacent to an activating group) is 1. The number of fused-ring (bicyclic) bond motifs is 7. The van der Waals surface area contributed by atoms with Crippen molar-refractivity contribution in [3.8, 4) is 0 Å². The summed E-state index contributed by atoms with van der Waals surface area (Å²) in [5, 5.41) is 11.3. The third-order valence-corrected chi connectivity index (χ3v) is 5.80. The van der Waals surface area contributed by atoms with E-state index in [0.29, 0.717) is 0 Å². The summed E-state index contributed by atoms with van der Waals surface area (Å²) >= 11 is 0. The molecule has 3 heteroatoms. The second-order valence-corrected chi connectivity index (χ2v) is 6.46. The molecule has 1 aromatic carbocycles. The van der Waals surface area contributed by atoms with E-state index in [-0.39, 0.29) is 17.6 Å². The van der Waals surface area contributed by atoms with E-state index in [1.807, 2.05) is 38.2 Å². The number of hydrogen-bond acceptors (Lipinski definition) is 3. The van der Waals surface area contributed by atoms with Crippen LogP contribution >= 0.6 is 0 Å². The lowest BCUT2D eigenvalue weighted by Gasteiger charge is -2.45. The van der Waals surface area contributed by atoms with E-state index < -0.39 is 11.1 Å². The Labute approximate surface area is 118 Å². The van der Waals surface area contributed by atoms with E-state index in [1.54, 1.807) is 0 Å². The molecule has 1 aromatic rings. The predicted octanol–water partition coefficient (Wildman–Crippen LogP) is 2.25. The number of rotatable bonds is 0. The molecule has 0 spiro atoms. The van der Waals surface area contributed by atoms with Crippen LogP contribution < -0.4 is 4.90 Å². The molecule has 1 heterocycles. The molecule has 2 aliphatic carbocycles. The van der Waals surface area contributed by atoms with E-state index in [4.69, 9.17) is 0 Å². The molecular weight excluding hydrogens is 250 g/mol. The fourth-order valence-electron chi connectivity index (χ4n) is 4.64. The molecule has 104 valence electrons. The third kappa shape index (κ3) is 1.06. The van der Waals surface area contributed by atoms with Crippen molar-refractivity contribution < 1.29 is 9.90 Å². The highest BCUT2D eigenvalue weighted by Crippen LogP contribution is 2.60. The van der Waals surface area contributed by atoms with E-state index in [0.717, 1.165) is 24.1 Å². The van der Waals surface area contributed by atoms with Gasteiger partial charge in [0.2, 0.25) is 0 Å². The van der Waals surface area contributed by atoms with Crippen LogP contribution in [0.25, 0.3) is 0 Å². The number of carbonyl (C=O) groups excluding carboxylic acids is 1. The van der Waals surface area contributed by atoms with Gasteiger partial charge in [-0.1, -0.05) is 30.4 Å². The number of carbonyl (C=O) groups is 1. The Morgan fingerprint density at radius 2 is 2.10 bits per heavy atom. The zero-order valence-electron chi connectivity index (χ0n) is 11.8. The summed E-state index contributed by atoms with van der Waals surface area (Å²) in [5.74, 6) is 0.0509. The van der Waals surface area contributed by atoms with E-state index in [1.165, 1.54) is 0 Å². The van der Waals surface area contributed by atoms with Gasteiger partial charge in [0.25, 0.3) is 0 Å². The fraction of sp³-hybridized carbons (Fsp3) is 0.471. The van der Waals surface area contributed by atoms with E-state index in [9.17, 15) is 9.90 Å². The monoisotopic (exact) mass is 269 g/mol. The zero-order chi connectivity index (χ0) is 14.1. The van der Waals surface area contributed by atoms with Crippen molar-refractivity contribution in [1.82, 2.24) is 0 Å². The lowest BCUT2D eigenvalue weighted by Crippen LogP contribution is -2.58. The zero-order valence-corrected chi connectivity index (χ0v) is 11.8. The van der Waals surface area contributed by atoms with Crippen molar-refractivity contribution in [2.75, 3.05) is 11.9 Å². The van der Waals surface area contributed by atoms with Crippen LogP contribution in [0.5, 0.6) is 0 Å². The second kappa shape index (κ2) is 3.53. The Morgan fingerprint density at radius 3 is 2.90 bits per heavy atom. The van der Waals surface area contributed by atoms with Crippen LogP contribution in [0.1, 0.15) is 25.3 Å². The van der Waals surface area contributed by atoms with Crippen molar-refractivity contribution in [1.29, 1.82) is 0 Å². The number of nitrogens with zero attached hydrogens (tertiary/aromatic N) is 1. The molecule has 1 N–H and O–H groups in total. The maximum Gasteiger partial charge on any atom is 0.195 e. The summed E-state index contributed by atoms with van der Waals surface area (Å²) in [6.07, 6.45) is 6.13. The number of para-hydroxylation sites is 1. The smallest absolute Gasteiger partial charge is 0.195 e. The van der Waals surface area contributed by atoms with Crippen LogP contribution in [0.2, 0.25) is 0 Å². The fourth-order valence-corrected chi connectivity index (χ4v) is 4.64. The lowest BCUT2D eigenvalue weighted by molar-refractivity contribution is -0.140. The highest BCUT2D eigenvalue weighted by molar-refractivity contribution is 6.06. The van der Waals surface area contributed by atoms with Gasteiger partial charge in [0, 0.05) is 24.2 Å². The standard InChI is InChI=1S/C17H19NO2/c1-16-11-7-3-4-8-12(11)17(20,15(16)19)13-9-5-6-10-14(13)18(16)2/h4-6,8-12,20H,3,7H2,1-2H3. The summed E-state index contributed by atoms with van der Waals surface area (Å²) < 4.78 is 0. The number of aliphatic hydroxyl groups is 1. The first kappa shape index (κ1) is 12.2. The number of hydrogen-bond donors (Lipinski definition) is 1. The highest BCUT2D eigenvalue weighted by Gasteiger charge is 2.70. The first-order chi connectivity index (χ1) is 9.52. The molecule has 3 aliphatic rings. The molecule has 4 rings (SSSR count). The van der Waals surface area contributed by atoms with Gasteiger partial charge in [-0.15, -0.1) is 0 Å². The molecule has 4 atom stereocenters. The minimum atomic E-state index is -1.35. The summed E-state index contributed by atoms with van der Waals surface area (Å²) in [5.41, 5.74) is -0.193. The Morgan fingerprint density at radius 1 is 1.35 bits per heavy atom. The first-order valence-corrected chi connectivity index (χ1v) is 7.29. The summed E-state index contributed by atoms with van der Waals surface area (Å²) in [6, 6.07) is 7.78. The van der Waals surface area contributed by atoms with Crippen molar-refractivity contribution in [3.05, 3.63) is 42.0 Å². The second-order valence-electron chi connectivity index (χ2n) is 6.46. The summed E-state index contributed by atoms with van der Waals surface area (Å²) in [4.78, 5) is 15.1. The molecule has 4 unspecified atom stereocenters. The van der Waals surface area contributed by atoms with Crippen LogP contribution in [0.15, 0.2) is 36.4 Å².